The number of fused-ring (bicyclic) bond motifs is 1. The number of H-pyrrole nitrogens is 1. The minimum Gasteiger partial charge on any atom is -0.354 e. The number of hydrogen-bond donors (Lipinski definition) is 3. The van der Waals surface area contributed by atoms with Crippen molar-refractivity contribution in [2.45, 2.75) is 45.2 Å². The first-order chi connectivity index (χ1) is 13.2. The second-order valence-electron chi connectivity index (χ2n) is 7.58. The number of rotatable bonds is 4. The fraction of sp³-hybridized carbons (Fsp3) is 0.429. The molecule has 0 saturated carbocycles. The SMILES string of the molecule is Cc1c(CCNC(=O)C2NCCc3[nH]cnc32)c2cccc3c2n1CCC3. The van der Waals surface area contributed by atoms with Gasteiger partial charge in [-0.1, -0.05) is 18.2 Å². The van der Waals surface area contributed by atoms with Crippen LogP contribution in [0, 0.1) is 6.92 Å². The first-order valence-electron chi connectivity index (χ1n) is 9.87. The number of aryl methyl sites for hydroxylation is 2. The van der Waals surface area contributed by atoms with Gasteiger partial charge in [0.1, 0.15) is 6.04 Å². The van der Waals surface area contributed by atoms with Crippen LogP contribution in [0.1, 0.15) is 40.7 Å². The van der Waals surface area contributed by atoms with Crippen LogP contribution >= 0.6 is 0 Å². The maximum atomic E-state index is 12.7. The van der Waals surface area contributed by atoms with E-state index in [0.29, 0.717) is 6.54 Å². The van der Waals surface area contributed by atoms with Crippen molar-refractivity contribution in [3.63, 3.8) is 0 Å². The Morgan fingerprint density at radius 1 is 1.37 bits per heavy atom. The molecule has 1 amide bonds. The average Bonchev–Trinajstić information content (AvgIpc) is 3.28. The van der Waals surface area contributed by atoms with Gasteiger partial charge in [-0.2, -0.15) is 0 Å². The monoisotopic (exact) mass is 363 g/mol. The van der Waals surface area contributed by atoms with E-state index in [2.05, 4.69) is 50.3 Å². The number of carbonyl (C=O) groups excluding carboxylic acids is 1. The molecule has 140 valence electrons. The molecule has 5 rings (SSSR count). The number of amides is 1. The van der Waals surface area contributed by atoms with Crippen molar-refractivity contribution in [1.29, 1.82) is 0 Å². The van der Waals surface area contributed by atoms with Crippen LogP contribution in [-0.4, -0.2) is 33.5 Å². The van der Waals surface area contributed by atoms with Gasteiger partial charge in [0.05, 0.1) is 17.5 Å². The van der Waals surface area contributed by atoms with Crippen LogP contribution in [0.2, 0.25) is 0 Å². The number of benzene rings is 1. The number of hydrogen-bond acceptors (Lipinski definition) is 3. The Morgan fingerprint density at radius 2 is 2.30 bits per heavy atom. The Labute approximate surface area is 158 Å². The number of nitrogens with zero attached hydrogens (tertiary/aromatic N) is 2. The van der Waals surface area contributed by atoms with E-state index in [0.717, 1.165) is 43.7 Å². The summed E-state index contributed by atoms with van der Waals surface area (Å²) in [5.74, 6) is 0.00875. The average molecular weight is 363 g/mol. The molecule has 27 heavy (non-hydrogen) atoms. The van der Waals surface area contributed by atoms with Gasteiger partial charge in [-0.3, -0.25) is 4.79 Å². The topological polar surface area (TPSA) is 74.7 Å². The third-order valence-electron chi connectivity index (χ3n) is 6.07. The van der Waals surface area contributed by atoms with Crippen LogP contribution in [0.3, 0.4) is 0 Å². The molecular weight excluding hydrogens is 338 g/mol. The first-order valence-corrected chi connectivity index (χ1v) is 9.87. The normalized spacial score (nSPS) is 18.5. The van der Waals surface area contributed by atoms with Crippen molar-refractivity contribution < 1.29 is 4.79 Å². The van der Waals surface area contributed by atoms with Gasteiger partial charge in [0.25, 0.3) is 0 Å². The van der Waals surface area contributed by atoms with E-state index in [1.54, 1.807) is 6.33 Å². The van der Waals surface area contributed by atoms with Gasteiger partial charge in [-0.05, 0) is 37.3 Å². The third-order valence-corrected chi connectivity index (χ3v) is 6.07. The lowest BCUT2D eigenvalue weighted by Gasteiger charge is -2.22. The van der Waals surface area contributed by atoms with Gasteiger partial charge in [0, 0.05) is 42.8 Å². The Bertz CT molecular complexity index is 1020. The molecular formula is C21H25N5O. The van der Waals surface area contributed by atoms with E-state index in [4.69, 9.17) is 0 Å². The molecule has 0 radical (unpaired) electrons. The van der Waals surface area contributed by atoms with Crippen molar-refractivity contribution in [3.05, 3.63) is 52.7 Å². The van der Waals surface area contributed by atoms with E-state index in [-0.39, 0.29) is 11.9 Å². The second kappa shape index (κ2) is 6.53. The summed E-state index contributed by atoms with van der Waals surface area (Å²) < 4.78 is 2.46. The quantitative estimate of drug-likeness (QED) is 0.665. The maximum Gasteiger partial charge on any atom is 0.243 e. The van der Waals surface area contributed by atoms with Crippen molar-refractivity contribution in [2.24, 2.45) is 0 Å². The van der Waals surface area contributed by atoms with Crippen molar-refractivity contribution >= 4 is 16.8 Å². The highest BCUT2D eigenvalue weighted by atomic mass is 16.2. The number of imidazole rings is 1. The summed E-state index contributed by atoms with van der Waals surface area (Å²) in [5, 5.41) is 7.75. The minimum absolute atomic E-state index is 0.00875. The van der Waals surface area contributed by atoms with Crippen LogP contribution in [-0.2, 0) is 30.6 Å². The number of para-hydroxylation sites is 1. The summed E-state index contributed by atoms with van der Waals surface area (Å²) >= 11 is 0. The minimum atomic E-state index is -0.351. The smallest absolute Gasteiger partial charge is 0.243 e. The molecule has 0 aliphatic carbocycles. The molecule has 6 heteroatoms. The molecule has 2 aromatic heterocycles. The lowest BCUT2D eigenvalue weighted by Crippen LogP contribution is -2.42. The standard InChI is InChI=1S/C21H25N5O/c1-13-15(16-6-2-4-14-5-3-11-26(13)20(14)16)7-9-23-21(27)19-18-17(8-10-22-19)24-12-25-18/h2,4,6,12,19,22H,3,5,7-11H2,1H3,(H,23,27)(H,24,25). The highest BCUT2D eigenvalue weighted by Gasteiger charge is 2.28. The van der Waals surface area contributed by atoms with Crippen LogP contribution in [0.4, 0.5) is 0 Å². The number of nitrogens with one attached hydrogen (secondary N) is 3. The third kappa shape index (κ3) is 2.67. The van der Waals surface area contributed by atoms with E-state index < -0.39 is 0 Å². The Kier molecular flexibility index (Phi) is 4.01. The molecule has 4 heterocycles. The largest absolute Gasteiger partial charge is 0.354 e. The summed E-state index contributed by atoms with van der Waals surface area (Å²) in [5.41, 5.74) is 7.47. The summed E-state index contributed by atoms with van der Waals surface area (Å²) in [6, 6.07) is 6.29. The predicted octanol–water partition coefficient (Wildman–Crippen LogP) is 2.16. The van der Waals surface area contributed by atoms with Crippen LogP contribution in [0.15, 0.2) is 24.5 Å². The molecule has 3 N–H and O–H groups in total. The molecule has 0 bridgehead atoms. The Morgan fingerprint density at radius 3 is 3.22 bits per heavy atom. The summed E-state index contributed by atoms with van der Waals surface area (Å²) in [7, 11) is 0. The Hall–Kier alpha value is -2.60. The highest BCUT2D eigenvalue weighted by molar-refractivity contribution is 5.89. The fourth-order valence-corrected chi connectivity index (χ4v) is 4.75. The fourth-order valence-electron chi connectivity index (χ4n) is 4.75. The molecule has 1 unspecified atom stereocenters. The molecule has 6 nitrogen and oxygen atoms in total. The summed E-state index contributed by atoms with van der Waals surface area (Å²) in [6.45, 7) is 4.74. The van der Waals surface area contributed by atoms with Crippen LogP contribution in [0.5, 0.6) is 0 Å². The summed E-state index contributed by atoms with van der Waals surface area (Å²) in [6.07, 6.45) is 5.79. The predicted molar refractivity (Wildman–Crippen MR) is 105 cm³/mol. The molecule has 2 aliphatic rings. The van der Waals surface area contributed by atoms with Gasteiger partial charge in [0.15, 0.2) is 0 Å². The van der Waals surface area contributed by atoms with Crippen molar-refractivity contribution in [1.82, 2.24) is 25.2 Å². The van der Waals surface area contributed by atoms with Crippen LogP contribution < -0.4 is 10.6 Å². The lowest BCUT2D eigenvalue weighted by molar-refractivity contribution is -0.123. The second-order valence-corrected chi connectivity index (χ2v) is 7.58. The molecule has 0 saturated heterocycles. The molecule has 2 aliphatic heterocycles. The molecule has 0 spiro atoms. The van der Waals surface area contributed by atoms with Crippen LogP contribution in [0.25, 0.3) is 10.9 Å². The highest BCUT2D eigenvalue weighted by Crippen LogP contribution is 2.32. The molecule has 1 aromatic carbocycles. The number of aromatic amines is 1. The number of carbonyl (C=O) groups is 1. The van der Waals surface area contributed by atoms with Crippen molar-refractivity contribution in [3.8, 4) is 0 Å². The van der Waals surface area contributed by atoms with E-state index >= 15 is 0 Å². The molecule has 3 aromatic rings. The van der Waals surface area contributed by atoms with Gasteiger partial charge >= 0.3 is 0 Å². The van der Waals surface area contributed by atoms with E-state index in [1.807, 2.05) is 0 Å². The zero-order valence-electron chi connectivity index (χ0n) is 15.6. The van der Waals surface area contributed by atoms with E-state index in [1.165, 1.54) is 34.1 Å². The zero-order valence-corrected chi connectivity index (χ0v) is 15.6. The Balaban J connectivity index is 1.33. The lowest BCUT2D eigenvalue weighted by atomic mass is 10.0. The first kappa shape index (κ1) is 16.6. The molecule has 1 atom stereocenters. The van der Waals surface area contributed by atoms with Gasteiger partial charge in [0.2, 0.25) is 5.91 Å². The summed E-state index contributed by atoms with van der Waals surface area (Å²) in [4.78, 5) is 20.2. The maximum absolute atomic E-state index is 12.7. The van der Waals surface area contributed by atoms with Gasteiger partial charge < -0.3 is 20.2 Å². The van der Waals surface area contributed by atoms with E-state index in [9.17, 15) is 4.79 Å². The van der Waals surface area contributed by atoms with Gasteiger partial charge in [-0.15, -0.1) is 0 Å². The molecule has 0 fully saturated rings. The number of aromatic nitrogens is 3. The zero-order chi connectivity index (χ0) is 18.4. The van der Waals surface area contributed by atoms with Crippen molar-refractivity contribution in [2.75, 3.05) is 13.1 Å². The van der Waals surface area contributed by atoms with Gasteiger partial charge in [-0.25, -0.2) is 4.98 Å².